The maximum atomic E-state index is 13.1. The van der Waals surface area contributed by atoms with Crippen molar-refractivity contribution < 1.29 is 8.60 Å². The number of fused-ring (bicyclic) bond motifs is 1. The van der Waals surface area contributed by atoms with Crippen LogP contribution in [0.5, 0.6) is 0 Å². The number of aromatic nitrogens is 1. The molecule has 1 aromatic carbocycles. The Morgan fingerprint density at radius 3 is 2.92 bits per heavy atom. The molecule has 0 saturated heterocycles. The highest BCUT2D eigenvalue weighted by Gasteiger charge is 2.09. The van der Waals surface area contributed by atoms with Crippen LogP contribution in [0.3, 0.4) is 0 Å². The van der Waals surface area contributed by atoms with Gasteiger partial charge in [0.1, 0.15) is 11.3 Å². The molecule has 0 saturated carbocycles. The van der Waals surface area contributed by atoms with E-state index in [4.69, 9.17) is 0 Å². The fraction of sp³-hybridized carbons (Fsp3) is 0.125. The standard InChI is InChI=1S/C8H6FNOS2/c1-13(11)8-10-7-5(9)3-2-4-6(7)12-8/h2-4H,1H3. The lowest BCUT2D eigenvalue weighted by molar-refractivity contribution is 0.636. The second kappa shape index (κ2) is 3.16. The Labute approximate surface area is 80.9 Å². The van der Waals surface area contributed by atoms with Gasteiger partial charge in [-0.25, -0.2) is 9.37 Å². The summed E-state index contributed by atoms with van der Waals surface area (Å²) in [5, 5.41) is 0. The Hall–Kier alpha value is -0.810. The molecule has 68 valence electrons. The third-order valence-electron chi connectivity index (χ3n) is 1.60. The molecule has 1 heterocycles. The minimum absolute atomic E-state index is 0.317. The second-order valence-corrected chi connectivity index (χ2v) is 5.10. The number of rotatable bonds is 1. The van der Waals surface area contributed by atoms with Gasteiger partial charge in [0.2, 0.25) is 0 Å². The summed E-state index contributed by atoms with van der Waals surface area (Å²) in [7, 11) is -1.13. The van der Waals surface area contributed by atoms with Gasteiger partial charge in [-0.1, -0.05) is 6.07 Å². The van der Waals surface area contributed by atoms with Crippen molar-refractivity contribution in [1.29, 1.82) is 0 Å². The molecule has 0 aliphatic heterocycles. The molecule has 0 amide bonds. The smallest absolute Gasteiger partial charge is 0.181 e. The van der Waals surface area contributed by atoms with Crippen LogP contribution in [0, 0.1) is 5.82 Å². The summed E-state index contributed by atoms with van der Waals surface area (Å²) in [4.78, 5) is 3.96. The number of para-hydroxylation sites is 1. The first-order valence-corrected chi connectivity index (χ1v) is 5.94. The number of hydrogen-bond acceptors (Lipinski definition) is 3. The van der Waals surface area contributed by atoms with Gasteiger partial charge in [-0.3, -0.25) is 4.21 Å². The minimum atomic E-state index is -1.13. The maximum absolute atomic E-state index is 13.1. The maximum Gasteiger partial charge on any atom is 0.181 e. The Morgan fingerprint density at radius 1 is 1.54 bits per heavy atom. The van der Waals surface area contributed by atoms with E-state index in [0.717, 1.165) is 4.70 Å². The predicted molar refractivity (Wildman–Crippen MR) is 51.9 cm³/mol. The van der Waals surface area contributed by atoms with Gasteiger partial charge in [0, 0.05) is 6.26 Å². The van der Waals surface area contributed by atoms with E-state index in [2.05, 4.69) is 4.98 Å². The molecule has 1 unspecified atom stereocenters. The Bertz CT molecular complexity index is 480. The highest BCUT2D eigenvalue weighted by atomic mass is 32.2. The highest BCUT2D eigenvalue weighted by molar-refractivity contribution is 7.86. The van der Waals surface area contributed by atoms with E-state index >= 15 is 0 Å². The molecular formula is C8H6FNOS2. The molecule has 0 bridgehead atoms. The van der Waals surface area contributed by atoms with Crippen LogP contribution in [0.2, 0.25) is 0 Å². The molecule has 0 fully saturated rings. The normalized spacial score (nSPS) is 13.4. The first-order valence-electron chi connectivity index (χ1n) is 3.57. The molecule has 0 aliphatic carbocycles. The van der Waals surface area contributed by atoms with Gasteiger partial charge in [0.05, 0.1) is 15.5 Å². The van der Waals surface area contributed by atoms with E-state index in [1.807, 2.05) is 0 Å². The van der Waals surface area contributed by atoms with E-state index in [-0.39, 0.29) is 5.82 Å². The van der Waals surface area contributed by atoms with Crippen LogP contribution in [-0.2, 0) is 10.8 Å². The van der Waals surface area contributed by atoms with Gasteiger partial charge in [-0.15, -0.1) is 11.3 Å². The Kier molecular flexibility index (Phi) is 2.13. The van der Waals surface area contributed by atoms with E-state index in [9.17, 15) is 8.60 Å². The van der Waals surface area contributed by atoms with Crippen LogP contribution in [-0.4, -0.2) is 15.4 Å². The van der Waals surface area contributed by atoms with Crippen LogP contribution in [0.1, 0.15) is 0 Å². The Morgan fingerprint density at radius 2 is 2.31 bits per heavy atom. The lowest BCUT2D eigenvalue weighted by Crippen LogP contribution is -1.84. The van der Waals surface area contributed by atoms with Crippen LogP contribution in [0.4, 0.5) is 4.39 Å². The number of thiazole rings is 1. The van der Waals surface area contributed by atoms with Crippen LogP contribution in [0.15, 0.2) is 22.5 Å². The summed E-state index contributed by atoms with van der Waals surface area (Å²) in [6.07, 6.45) is 1.54. The van der Waals surface area contributed by atoms with Crippen molar-refractivity contribution in [2.24, 2.45) is 0 Å². The highest BCUT2D eigenvalue weighted by Crippen LogP contribution is 2.25. The largest absolute Gasteiger partial charge is 0.252 e. The molecule has 0 N–H and O–H groups in total. The van der Waals surface area contributed by atoms with Crippen molar-refractivity contribution in [1.82, 2.24) is 4.98 Å². The molecule has 0 radical (unpaired) electrons. The summed E-state index contributed by atoms with van der Waals surface area (Å²) in [5.74, 6) is -0.356. The van der Waals surface area contributed by atoms with E-state index in [1.54, 1.807) is 12.1 Å². The van der Waals surface area contributed by atoms with Gasteiger partial charge in [0.25, 0.3) is 0 Å². The van der Waals surface area contributed by atoms with Crippen LogP contribution >= 0.6 is 11.3 Å². The molecule has 0 spiro atoms. The first kappa shape index (κ1) is 8.77. The third-order valence-corrected chi connectivity index (χ3v) is 3.95. The molecular weight excluding hydrogens is 209 g/mol. The quantitative estimate of drug-likeness (QED) is 0.729. The molecule has 2 rings (SSSR count). The van der Waals surface area contributed by atoms with Gasteiger partial charge < -0.3 is 0 Å². The topological polar surface area (TPSA) is 30.0 Å². The summed E-state index contributed by atoms with van der Waals surface area (Å²) < 4.78 is 25.4. The third kappa shape index (κ3) is 1.49. The number of benzene rings is 1. The number of nitrogens with zero attached hydrogens (tertiary/aromatic N) is 1. The first-order chi connectivity index (χ1) is 6.18. The van der Waals surface area contributed by atoms with Crippen molar-refractivity contribution in [3.05, 3.63) is 24.0 Å². The van der Waals surface area contributed by atoms with Gasteiger partial charge in [-0.05, 0) is 12.1 Å². The molecule has 5 heteroatoms. The average molecular weight is 215 g/mol. The van der Waals surface area contributed by atoms with Gasteiger partial charge >= 0.3 is 0 Å². The molecule has 0 aliphatic rings. The van der Waals surface area contributed by atoms with Crippen molar-refractivity contribution >= 4 is 32.4 Å². The summed E-state index contributed by atoms with van der Waals surface area (Å²) in [6, 6.07) is 4.75. The zero-order valence-corrected chi connectivity index (χ0v) is 8.41. The van der Waals surface area contributed by atoms with Gasteiger partial charge in [0.15, 0.2) is 4.34 Å². The number of hydrogen-bond donors (Lipinski definition) is 0. The van der Waals surface area contributed by atoms with E-state index in [1.165, 1.54) is 23.7 Å². The zero-order valence-electron chi connectivity index (χ0n) is 6.78. The molecule has 1 aromatic heterocycles. The molecule has 13 heavy (non-hydrogen) atoms. The van der Waals surface area contributed by atoms with E-state index < -0.39 is 10.8 Å². The lowest BCUT2D eigenvalue weighted by atomic mass is 10.3. The number of halogens is 1. The molecule has 2 nitrogen and oxygen atoms in total. The van der Waals surface area contributed by atoms with Crippen LogP contribution in [0.25, 0.3) is 10.2 Å². The zero-order chi connectivity index (χ0) is 9.42. The fourth-order valence-corrected chi connectivity index (χ4v) is 2.69. The summed E-state index contributed by atoms with van der Waals surface area (Å²) >= 11 is 1.27. The molecule has 1 atom stereocenters. The van der Waals surface area contributed by atoms with Gasteiger partial charge in [-0.2, -0.15) is 0 Å². The van der Waals surface area contributed by atoms with Crippen molar-refractivity contribution in [3.63, 3.8) is 0 Å². The second-order valence-electron chi connectivity index (χ2n) is 2.52. The SMILES string of the molecule is CS(=O)c1nc2c(F)cccc2s1. The van der Waals surface area contributed by atoms with Crippen molar-refractivity contribution in [2.75, 3.05) is 6.26 Å². The lowest BCUT2D eigenvalue weighted by Gasteiger charge is -1.86. The summed E-state index contributed by atoms with van der Waals surface area (Å²) in [5.41, 5.74) is 0.317. The van der Waals surface area contributed by atoms with E-state index in [0.29, 0.717) is 9.86 Å². The monoisotopic (exact) mass is 215 g/mol. The van der Waals surface area contributed by atoms with Crippen molar-refractivity contribution in [3.8, 4) is 0 Å². The summed E-state index contributed by atoms with van der Waals surface area (Å²) in [6.45, 7) is 0. The average Bonchev–Trinajstić information content (AvgIpc) is 2.49. The minimum Gasteiger partial charge on any atom is -0.252 e. The Balaban J connectivity index is 2.75. The molecule has 2 aromatic rings. The fourth-order valence-electron chi connectivity index (χ4n) is 1.02. The van der Waals surface area contributed by atoms with Crippen molar-refractivity contribution in [2.45, 2.75) is 4.34 Å². The van der Waals surface area contributed by atoms with Crippen LogP contribution < -0.4 is 0 Å². The predicted octanol–water partition coefficient (Wildman–Crippen LogP) is 2.17.